The molecule has 0 bridgehead atoms. The van der Waals surface area contributed by atoms with Gasteiger partial charge in [0.15, 0.2) is 6.10 Å². The molecule has 0 aliphatic rings. The number of phosphoric ester groups is 1. The molecule has 0 aromatic rings. The van der Waals surface area contributed by atoms with Crippen molar-refractivity contribution in [3.05, 3.63) is 182 Å². The summed E-state index contributed by atoms with van der Waals surface area (Å²) >= 11 is 0. The Kier molecular flexibility index (Phi) is 70.5. The lowest BCUT2D eigenvalue weighted by atomic mass is 10.0. The predicted octanol–water partition coefficient (Wildman–Crippen LogP) is 25.2. The zero-order valence-corrected chi connectivity index (χ0v) is 62.9. The minimum absolute atomic E-state index is 0.0402. The molecular weight excluding hydrogens is 1210 g/mol. The van der Waals surface area contributed by atoms with Gasteiger partial charge in [-0.3, -0.25) is 14.2 Å². The molecule has 0 aromatic carbocycles. The van der Waals surface area contributed by atoms with E-state index in [0.717, 1.165) is 141 Å². The van der Waals surface area contributed by atoms with E-state index in [-0.39, 0.29) is 32.0 Å². The Morgan fingerprint density at radius 2 is 0.562 bits per heavy atom. The fraction of sp³-hybridized carbons (Fsp3) is 0.628. The molecule has 0 rings (SSSR count). The summed E-state index contributed by atoms with van der Waals surface area (Å²) in [6, 6.07) is 0. The maximum absolute atomic E-state index is 12.9. The van der Waals surface area contributed by atoms with Gasteiger partial charge in [-0.2, -0.15) is 0 Å². The van der Waals surface area contributed by atoms with Gasteiger partial charge in [0.25, 0.3) is 7.82 Å². The van der Waals surface area contributed by atoms with Crippen molar-refractivity contribution < 1.29 is 42.1 Å². The van der Waals surface area contributed by atoms with Crippen LogP contribution in [0.4, 0.5) is 0 Å². The van der Waals surface area contributed by atoms with E-state index in [2.05, 4.69) is 196 Å². The van der Waals surface area contributed by atoms with Crippen LogP contribution in [0.3, 0.4) is 0 Å². The number of phosphoric acid groups is 1. The van der Waals surface area contributed by atoms with Crippen LogP contribution >= 0.6 is 7.82 Å². The molecule has 2 atom stereocenters. The maximum Gasteiger partial charge on any atom is 0.306 e. The number of hydrogen-bond donors (Lipinski definition) is 0. The van der Waals surface area contributed by atoms with Gasteiger partial charge in [-0.1, -0.05) is 331 Å². The SMILES string of the molecule is CC/C=C\C/C=C\C/C=C\C/C=C\C/C=C\C/C=C\C/C=C\C/C=C\CCCCCCCCCCC(=O)OC(COC(=O)CCCCCCCCCCCCCCCCCCC/C=C\C/C=C\C/C=C\C/C=C\C/C=C\C/C=C\C/C=C\CC)COP(=O)([O-])OCC[N+](C)(C)C. The fourth-order valence-corrected chi connectivity index (χ4v) is 10.9. The summed E-state index contributed by atoms with van der Waals surface area (Å²) in [5.74, 6) is -0.846. The average Bonchev–Trinajstić information content (AvgIpc) is 1.48. The van der Waals surface area contributed by atoms with Crippen molar-refractivity contribution in [3.63, 3.8) is 0 Å². The van der Waals surface area contributed by atoms with Crippen molar-refractivity contribution in [3.8, 4) is 0 Å². The highest BCUT2D eigenvalue weighted by Crippen LogP contribution is 2.38. The quantitative estimate of drug-likeness (QED) is 0.0195. The highest BCUT2D eigenvalue weighted by Gasteiger charge is 2.22. The molecule has 0 aromatic heterocycles. The fourth-order valence-electron chi connectivity index (χ4n) is 10.1. The summed E-state index contributed by atoms with van der Waals surface area (Å²) in [6.07, 6.45) is 114. The lowest BCUT2D eigenvalue weighted by Gasteiger charge is -2.28. The molecular formula is C86H142NO8P. The molecule has 0 amide bonds. The van der Waals surface area contributed by atoms with Crippen LogP contribution in [0, 0.1) is 0 Å². The second kappa shape index (κ2) is 74.3. The Morgan fingerprint density at radius 1 is 0.323 bits per heavy atom. The summed E-state index contributed by atoms with van der Waals surface area (Å²) in [7, 11) is 1.15. The number of hydrogen-bond acceptors (Lipinski definition) is 8. The van der Waals surface area contributed by atoms with Crippen molar-refractivity contribution in [2.75, 3.05) is 47.5 Å². The molecule has 2 unspecified atom stereocenters. The zero-order valence-electron chi connectivity index (χ0n) is 62.0. The van der Waals surface area contributed by atoms with Crippen molar-refractivity contribution in [1.82, 2.24) is 0 Å². The third-order valence-corrected chi connectivity index (χ3v) is 16.9. The topological polar surface area (TPSA) is 111 Å². The molecule has 0 saturated heterocycles. The van der Waals surface area contributed by atoms with Crippen molar-refractivity contribution in [1.29, 1.82) is 0 Å². The minimum atomic E-state index is -4.66. The Bertz CT molecular complexity index is 2280. The van der Waals surface area contributed by atoms with Crippen LogP contribution < -0.4 is 4.89 Å². The van der Waals surface area contributed by atoms with Gasteiger partial charge in [-0.15, -0.1) is 0 Å². The van der Waals surface area contributed by atoms with Crippen molar-refractivity contribution in [2.45, 2.75) is 302 Å². The van der Waals surface area contributed by atoms with Crippen LogP contribution in [0.25, 0.3) is 0 Å². The standard InChI is InChI=1S/C86H142NO8P/c1-6-8-10-12-14-16-18-20-22-24-26-28-30-32-34-36-38-40-41-42-43-44-45-47-48-50-52-54-56-58-60-62-64-66-68-70-72-74-76-78-85(88)92-82-84(83-94-96(90,91)93-81-80-87(3,4)5)95-86(89)79-77-75-73-71-69-67-65-63-61-59-57-55-53-51-49-46-39-37-35-33-31-29-27-25-23-21-19-17-15-13-11-9-7-2/h8-11,14-17,20-23,26-29,32-35,38-40,42-43,46,51,53,57,59,84H,6-7,12-13,18-19,24-25,30-31,36-37,41,44-45,47-50,52,54-56,58,60-83H2,1-5H3/b10-8-,11-9-,16-14-,17-15-,22-20-,23-21-,28-26-,29-27-,34-32-,35-33-,40-38-,43-42-,46-39-,53-51-,59-57-. The largest absolute Gasteiger partial charge is 0.756 e. The molecule has 0 heterocycles. The zero-order chi connectivity index (χ0) is 69.7. The van der Waals surface area contributed by atoms with Crippen LogP contribution in [0.1, 0.15) is 296 Å². The van der Waals surface area contributed by atoms with Gasteiger partial charge in [0.2, 0.25) is 0 Å². The number of likely N-dealkylation sites (N-methyl/N-ethyl adjacent to an activating group) is 1. The van der Waals surface area contributed by atoms with Crippen LogP contribution in [-0.4, -0.2) is 70.0 Å². The number of nitrogens with zero attached hydrogens (tertiary/aromatic N) is 1. The molecule has 544 valence electrons. The van der Waals surface area contributed by atoms with Crippen LogP contribution in [0.15, 0.2) is 182 Å². The summed E-state index contributed by atoms with van der Waals surface area (Å²) in [6.45, 7) is 4.00. The molecule has 0 N–H and O–H groups in total. The first-order valence-corrected chi connectivity index (χ1v) is 40.0. The van der Waals surface area contributed by atoms with Crippen LogP contribution in [-0.2, 0) is 32.7 Å². The molecule has 0 saturated carbocycles. The second-order valence-electron chi connectivity index (χ2n) is 26.3. The Hall–Kier alpha value is -4.89. The van der Waals surface area contributed by atoms with Crippen molar-refractivity contribution >= 4 is 19.8 Å². The molecule has 0 aliphatic carbocycles. The molecule has 0 spiro atoms. The first-order chi connectivity index (χ1) is 47.0. The number of carbonyl (C=O) groups excluding carboxylic acids is 2. The summed E-state index contributed by atoms with van der Waals surface area (Å²) < 4.78 is 34.4. The van der Waals surface area contributed by atoms with E-state index in [0.29, 0.717) is 17.4 Å². The molecule has 0 radical (unpaired) electrons. The highest BCUT2D eigenvalue weighted by molar-refractivity contribution is 7.45. The van der Waals surface area contributed by atoms with Gasteiger partial charge in [0, 0.05) is 12.8 Å². The summed E-state index contributed by atoms with van der Waals surface area (Å²) in [5.41, 5.74) is 0. The van der Waals surface area contributed by atoms with Crippen LogP contribution in [0.5, 0.6) is 0 Å². The van der Waals surface area contributed by atoms with Gasteiger partial charge in [0.05, 0.1) is 27.7 Å². The van der Waals surface area contributed by atoms with E-state index in [9.17, 15) is 19.0 Å². The molecule has 96 heavy (non-hydrogen) atoms. The average molecular weight is 1350 g/mol. The number of carbonyl (C=O) groups is 2. The smallest absolute Gasteiger partial charge is 0.306 e. The van der Waals surface area contributed by atoms with E-state index >= 15 is 0 Å². The molecule has 10 heteroatoms. The number of esters is 2. The van der Waals surface area contributed by atoms with Gasteiger partial charge in [-0.05, 0) is 135 Å². The molecule has 0 fully saturated rings. The van der Waals surface area contributed by atoms with E-state index in [4.69, 9.17) is 18.5 Å². The van der Waals surface area contributed by atoms with Gasteiger partial charge >= 0.3 is 11.9 Å². The third-order valence-electron chi connectivity index (χ3n) is 15.9. The summed E-state index contributed by atoms with van der Waals surface area (Å²) in [5, 5.41) is 0. The maximum atomic E-state index is 12.9. The number of quaternary nitrogens is 1. The lowest BCUT2D eigenvalue weighted by molar-refractivity contribution is -0.870. The highest BCUT2D eigenvalue weighted by atomic mass is 31.2. The van der Waals surface area contributed by atoms with E-state index in [1.54, 1.807) is 0 Å². The lowest BCUT2D eigenvalue weighted by Crippen LogP contribution is -2.37. The van der Waals surface area contributed by atoms with Crippen molar-refractivity contribution in [2.24, 2.45) is 0 Å². The van der Waals surface area contributed by atoms with Gasteiger partial charge < -0.3 is 27.9 Å². The Labute approximate surface area is 591 Å². The molecule has 0 aliphatic heterocycles. The van der Waals surface area contributed by atoms with E-state index < -0.39 is 26.5 Å². The minimum Gasteiger partial charge on any atom is -0.756 e. The Morgan fingerprint density at radius 3 is 0.833 bits per heavy atom. The molecule has 9 nitrogen and oxygen atoms in total. The first kappa shape index (κ1) is 91.1. The second-order valence-corrected chi connectivity index (χ2v) is 27.7. The summed E-state index contributed by atoms with van der Waals surface area (Å²) in [4.78, 5) is 38.2. The Balaban J connectivity index is 4.06. The number of allylic oxidation sites excluding steroid dienone is 30. The first-order valence-electron chi connectivity index (χ1n) is 38.5. The number of ether oxygens (including phenoxy) is 2. The predicted molar refractivity (Wildman–Crippen MR) is 415 cm³/mol. The third kappa shape index (κ3) is 78.1. The van der Waals surface area contributed by atoms with Gasteiger partial charge in [-0.25, -0.2) is 0 Å². The monoisotopic (exact) mass is 1350 g/mol. The van der Waals surface area contributed by atoms with E-state index in [1.807, 2.05) is 21.1 Å². The normalized spacial score (nSPS) is 14.1. The van der Waals surface area contributed by atoms with Crippen LogP contribution in [0.2, 0.25) is 0 Å². The van der Waals surface area contributed by atoms with Gasteiger partial charge in [0.1, 0.15) is 19.8 Å². The number of rotatable bonds is 69. The van der Waals surface area contributed by atoms with E-state index in [1.165, 1.54) is 122 Å². The number of unbranched alkanes of at least 4 members (excludes halogenated alkanes) is 25.